The van der Waals surface area contributed by atoms with E-state index in [-0.39, 0.29) is 50.7 Å². The van der Waals surface area contributed by atoms with Crippen molar-refractivity contribution in [2.45, 2.75) is 285 Å². The van der Waals surface area contributed by atoms with Crippen molar-refractivity contribution < 1.29 is 47.6 Å². The molecule has 414 valence electrons. The normalized spacial score (nSPS) is 12.0. The summed E-state index contributed by atoms with van der Waals surface area (Å²) >= 11 is 0. The van der Waals surface area contributed by atoms with Crippen LogP contribution in [-0.2, 0) is 62.6 Å². The second-order valence-electron chi connectivity index (χ2n) is 19.7. The fourth-order valence-electron chi connectivity index (χ4n) is 8.28. The average Bonchev–Trinajstić information content (AvgIpc) is 3.38. The Bertz CT molecular complexity index is 1510. The van der Waals surface area contributed by atoms with E-state index in [4.69, 9.17) is 28.4 Å². The van der Waals surface area contributed by atoms with Gasteiger partial charge >= 0.3 is 24.0 Å². The molecule has 0 radical (unpaired) electrons. The van der Waals surface area contributed by atoms with Crippen LogP contribution in [0.25, 0.3) is 0 Å². The summed E-state index contributed by atoms with van der Waals surface area (Å²) in [7, 11) is 0. The van der Waals surface area contributed by atoms with Gasteiger partial charge in [-0.15, -0.1) is 0 Å². The van der Waals surface area contributed by atoms with Gasteiger partial charge in [-0.2, -0.15) is 0 Å². The number of hydrogen-bond donors (Lipinski definition) is 1. The van der Waals surface area contributed by atoms with E-state index in [1.54, 1.807) is 0 Å². The van der Waals surface area contributed by atoms with E-state index in [1.165, 1.54) is 77.0 Å². The van der Waals surface area contributed by atoms with Crippen LogP contribution in [0.1, 0.15) is 270 Å². The van der Waals surface area contributed by atoms with Crippen LogP contribution < -0.4 is 5.32 Å². The van der Waals surface area contributed by atoms with E-state index in [0.717, 1.165) is 103 Å². The number of ether oxygens (including phenoxy) is 6. The highest BCUT2D eigenvalue weighted by atomic mass is 16.7. The molecule has 1 atom stereocenters. The van der Waals surface area contributed by atoms with Crippen LogP contribution in [-0.4, -0.2) is 56.2 Å². The zero-order chi connectivity index (χ0) is 52.4. The minimum atomic E-state index is -0.464. The highest BCUT2D eigenvalue weighted by molar-refractivity contribution is 5.70. The topological polar surface area (TPSA) is 136 Å². The van der Waals surface area contributed by atoms with E-state index < -0.39 is 18.4 Å². The van der Waals surface area contributed by atoms with Gasteiger partial charge in [-0.3, -0.25) is 14.4 Å². The molecule has 0 aliphatic heterocycles. The van der Waals surface area contributed by atoms with Crippen molar-refractivity contribution in [1.82, 2.24) is 5.32 Å². The number of alkyl carbamates (subject to hydrolysis) is 1. The van der Waals surface area contributed by atoms with Crippen molar-refractivity contribution >= 4 is 24.0 Å². The molecule has 1 N–H and O–H groups in total. The van der Waals surface area contributed by atoms with Crippen LogP contribution in [0.15, 0.2) is 42.5 Å². The molecule has 0 saturated carbocycles. The smallest absolute Gasteiger partial charge is 0.407 e. The minimum absolute atomic E-state index is 0.00652. The maximum absolute atomic E-state index is 13.2. The summed E-state index contributed by atoms with van der Waals surface area (Å²) in [5.41, 5.74) is 2.10. The number of benzene rings is 1. The molecule has 11 heteroatoms. The Morgan fingerprint density at radius 3 is 1.38 bits per heavy atom. The Morgan fingerprint density at radius 1 is 0.444 bits per heavy atom. The minimum Gasteiger partial charge on any atom is -0.461 e. The molecule has 0 heterocycles. The molecule has 0 fully saturated rings. The number of rotatable bonds is 50. The number of allylic oxidation sites excluding steroid dienone is 4. The van der Waals surface area contributed by atoms with Gasteiger partial charge in [0.2, 0.25) is 0 Å². The third kappa shape index (κ3) is 41.7. The lowest BCUT2D eigenvalue weighted by molar-refractivity contribution is -0.160. The van der Waals surface area contributed by atoms with E-state index in [0.29, 0.717) is 62.1 Å². The van der Waals surface area contributed by atoms with E-state index in [9.17, 15) is 19.2 Å². The highest BCUT2D eigenvalue weighted by Crippen LogP contribution is 2.19. The molecule has 0 aliphatic rings. The van der Waals surface area contributed by atoms with Gasteiger partial charge in [0.15, 0.2) is 6.29 Å². The van der Waals surface area contributed by atoms with E-state index in [1.807, 2.05) is 25.1 Å². The molecule has 1 amide bonds. The largest absolute Gasteiger partial charge is 0.461 e. The van der Waals surface area contributed by atoms with Gasteiger partial charge in [-0.05, 0) is 112 Å². The van der Waals surface area contributed by atoms with Crippen LogP contribution in [0.2, 0.25) is 0 Å². The molecule has 0 bridgehead atoms. The molecule has 1 rings (SSSR count). The maximum atomic E-state index is 13.2. The summed E-state index contributed by atoms with van der Waals surface area (Å²) in [5, 5.41) is 2.76. The molecule has 0 aromatic heterocycles. The van der Waals surface area contributed by atoms with Gasteiger partial charge in [-0.1, -0.05) is 174 Å². The monoisotopic (exact) mass is 1010 g/mol. The number of amides is 1. The van der Waals surface area contributed by atoms with Crippen LogP contribution >= 0.6 is 0 Å². The van der Waals surface area contributed by atoms with Gasteiger partial charge in [0, 0.05) is 39.0 Å². The number of esters is 3. The third-order valence-corrected chi connectivity index (χ3v) is 12.7. The fourth-order valence-corrected chi connectivity index (χ4v) is 8.28. The van der Waals surface area contributed by atoms with Gasteiger partial charge in [-0.25, -0.2) is 4.79 Å². The number of unbranched alkanes of at least 4 members (excludes halogenated alkanes) is 21. The predicted octanol–water partition coefficient (Wildman–Crippen LogP) is 16.7. The van der Waals surface area contributed by atoms with Crippen molar-refractivity contribution in [3.8, 4) is 0 Å². The van der Waals surface area contributed by atoms with E-state index in [2.05, 4.69) is 57.3 Å². The van der Waals surface area contributed by atoms with Crippen molar-refractivity contribution in [2.24, 2.45) is 0 Å². The first-order chi connectivity index (χ1) is 35.2. The van der Waals surface area contributed by atoms with Crippen molar-refractivity contribution in [1.29, 1.82) is 0 Å². The number of carbonyl (C=O) groups is 4. The second-order valence-corrected chi connectivity index (χ2v) is 19.7. The zero-order valence-electron chi connectivity index (χ0n) is 46.6. The summed E-state index contributed by atoms with van der Waals surface area (Å²) in [5.74, 6) is -1.02. The quantitative estimate of drug-likeness (QED) is 0.0221. The second kappa shape index (κ2) is 49.5. The molecule has 1 unspecified atom stereocenters. The molecule has 0 spiro atoms. The molecule has 11 nitrogen and oxygen atoms in total. The van der Waals surface area contributed by atoms with Crippen LogP contribution in [0.4, 0.5) is 4.79 Å². The van der Waals surface area contributed by atoms with Crippen molar-refractivity contribution in [3.63, 3.8) is 0 Å². The molecule has 0 aliphatic carbocycles. The Balaban J connectivity index is 2.87. The summed E-state index contributed by atoms with van der Waals surface area (Å²) in [6.45, 7) is 12.6. The maximum Gasteiger partial charge on any atom is 0.407 e. The van der Waals surface area contributed by atoms with Crippen molar-refractivity contribution in [3.05, 3.63) is 59.2 Å². The molecule has 0 saturated heterocycles. The lowest BCUT2D eigenvalue weighted by Crippen LogP contribution is -2.30. The Morgan fingerprint density at radius 2 is 0.861 bits per heavy atom. The summed E-state index contributed by atoms with van der Waals surface area (Å²) in [4.78, 5) is 51.5. The first-order valence-corrected chi connectivity index (χ1v) is 29.3. The van der Waals surface area contributed by atoms with Crippen LogP contribution in [0.3, 0.4) is 0 Å². The summed E-state index contributed by atoms with van der Waals surface area (Å²) in [6, 6.07) is 5.57. The fraction of sp³-hybridized carbons (Fsp3) is 0.770. The van der Waals surface area contributed by atoms with Gasteiger partial charge in [0.05, 0.1) is 6.42 Å². The van der Waals surface area contributed by atoms with Crippen molar-refractivity contribution in [2.75, 3.05) is 19.8 Å². The number of carbonyl (C=O) groups excluding carboxylic acids is 4. The molecule has 72 heavy (non-hydrogen) atoms. The number of nitrogens with one attached hydrogen (secondary N) is 1. The van der Waals surface area contributed by atoms with Crippen LogP contribution in [0.5, 0.6) is 0 Å². The molecular formula is C61H105NO10. The van der Waals surface area contributed by atoms with E-state index >= 15 is 0 Å². The molecule has 1 aromatic carbocycles. The number of hydrogen-bond acceptors (Lipinski definition) is 10. The predicted molar refractivity (Wildman–Crippen MR) is 293 cm³/mol. The van der Waals surface area contributed by atoms with Crippen LogP contribution in [0, 0.1) is 0 Å². The Hall–Kier alpha value is -3.70. The first-order valence-electron chi connectivity index (χ1n) is 29.3. The Kier molecular flexibility index (Phi) is 45.6. The summed E-state index contributed by atoms with van der Waals surface area (Å²) < 4.78 is 35.2. The van der Waals surface area contributed by atoms with Gasteiger partial charge < -0.3 is 33.7 Å². The standard InChI is InChI=1S/C61H105NO10/c1-6-11-15-19-22-23-24-25-26-27-28-29-30-31-35-39-57(63)69-50-53-47-54(51-70-58(64)41-40-56(38-34-18-14-9-4)72-61(66)62-44-10-5)49-55(48-53)52-71-59(65)42-43-60(67-45-36-32-20-16-12-7-2)68-46-37-33-21-17-13-8-3/h22-23,25-26,47-49,56,60H,6-21,24,27-46,50-52H2,1-5H3,(H,62,66)/b23-22-,26-25-. The lowest BCUT2D eigenvalue weighted by Gasteiger charge is -2.19. The Labute approximate surface area is 439 Å². The first kappa shape index (κ1) is 66.3. The van der Waals surface area contributed by atoms with Gasteiger partial charge in [0.1, 0.15) is 25.9 Å². The lowest BCUT2D eigenvalue weighted by atomic mass is 10.1. The highest BCUT2D eigenvalue weighted by Gasteiger charge is 2.18. The average molecular weight is 1010 g/mol. The molecule has 1 aromatic rings. The van der Waals surface area contributed by atoms with Gasteiger partial charge in [0.25, 0.3) is 0 Å². The third-order valence-electron chi connectivity index (χ3n) is 12.7. The zero-order valence-corrected chi connectivity index (χ0v) is 46.6. The SMILES string of the molecule is CCCCC/C=C\C/C=C\CCCCCCCC(=O)OCc1cc(COC(=O)CCC(CCCCCC)OC(=O)NCCC)cc(COC(=O)CCC(OCCCCCCCC)OCCCCCCCC)c1. The molecular weight excluding hydrogens is 907 g/mol. The summed E-state index contributed by atoms with van der Waals surface area (Å²) in [6.07, 6.45) is 41.1.